The third-order valence-corrected chi connectivity index (χ3v) is 2.89. The molecule has 2 heterocycles. The Hall–Kier alpha value is -1.16. The fourth-order valence-electron chi connectivity index (χ4n) is 1.77. The Kier molecular flexibility index (Phi) is 2.37. The average molecular weight is 208 g/mol. The van der Waals surface area contributed by atoms with E-state index in [1.807, 2.05) is 25.4 Å². The Morgan fingerprint density at radius 2 is 2.36 bits per heavy atom. The maximum absolute atomic E-state index is 11.7. The summed E-state index contributed by atoms with van der Waals surface area (Å²) in [4.78, 5) is 16.4. The first-order chi connectivity index (χ1) is 6.68. The van der Waals surface area contributed by atoms with Gasteiger partial charge in [-0.3, -0.25) is 4.79 Å². The van der Waals surface area contributed by atoms with Crippen molar-refractivity contribution in [2.24, 2.45) is 0 Å². The van der Waals surface area contributed by atoms with E-state index in [0.29, 0.717) is 4.64 Å². The van der Waals surface area contributed by atoms with Gasteiger partial charge in [0.25, 0.3) is 0 Å². The largest absolute Gasteiger partial charge is 0.353 e. The monoisotopic (exact) mass is 208 g/mol. The number of amides is 1. The number of likely N-dealkylation sites (tertiary alicyclic amines) is 1. The molecule has 0 bridgehead atoms. The highest BCUT2D eigenvalue weighted by Crippen LogP contribution is 2.26. The minimum atomic E-state index is 0.0202. The van der Waals surface area contributed by atoms with Crippen molar-refractivity contribution in [3.8, 4) is 0 Å². The summed E-state index contributed by atoms with van der Waals surface area (Å²) in [7, 11) is 1.84. The van der Waals surface area contributed by atoms with Gasteiger partial charge >= 0.3 is 0 Å². The van der Waals surface area contributed by atoms with E-state index >= 15 is 0 Å². The van der Waals surface area contributed by atoms with Crippen molar-refractivity contribution in [1.82, 2.24) is 9.88 Å². The smallest absolute Gasteiger partial charge is 0.229 e. The predicted octanol–water partition coefficient (Wildman–Crippen LogP) is 1.69. The van der Waals surface area contributed by atoms with Gasteiger partial charge in [-0.2, -0.15) is 0 Å². The van der Waals surface area contributed by atoms with Crippen LogP contribution < -0.4 is 0 Å². The quantitative estimate of drug-likeness (QED) is 0.713. The molecule has 1 atom stereocenters. The number of aromatic nitrogens is 1. The summed E-state index contributed by atoms with van der Waals surface area (Å²) in [5, 5.41) is 0. The molecule has 1 aliphatic heterocycles. The summed E-state index contributed by atoms with van der Waals surface area (Å²) in [6.45, 7) is 0.846. The zero-order chi connectivity index (χ0) is 10.1. The molecule has 1 aromatic rings. The van der Waals surface area contributed by atoms with E-state index in [0.717, 1.165) is 18.5 Å². The van der Waals surface area contributed by atoms with Gasteiger partial charge in [0.1, 0.15) is 4.64 Å². The summed E-state index contributed by atoms with van der Waals surface area (Å²) >= 11 is 4.95. The van der Waals surface area contributed by atoms with Crippen LogP contribution in [0.2, 0.25) is 0 Å². The van der Waals surface area contributed by atoms with Crippen LogP contribution in [-0.4, -0.2) is 29.4 Å². The van der Waals surface area contributed by atoms with Crippen LogP contribution in [0.5, 0.6) is 0 Å². The van der Waals surface area contributed by atoms with Crippen LogP contribution in [-0.2, 0) is 4.79 Å². The maximum Gasteiger partial charge on any atom is 0.229 e. The van der Waals surface area contributed by atoms with Crippen LogP contribution in [0, 0.1) is 4.64 Å². The topological polar surface area (TPSA) is 36.1 Å². The van der Waals surface area contributed by atoms with Crippen molar-refractivity contribution in [3.63, 3.8) is 0 Å². The number of H-pyrrole nitrogens is 1. The van der Waals surface area contributed by atoms with E-state index < -0.39 is 0 Å². The standard InChI is InChI=1S/C10H12N2OS/c1-12-5-4-8(10(12)13)7-2-3-9(14)11-6-7/h2-3,6,8H,4-5H2,1H3,(H,11,14). The molecule has 1 aliphatic rings. The number of carbonyl (C=O) groups is 1. The Balaban J connectivity index is 2.28. The van der Waals surface area contributed by atoms with E-state index in [2.05, 4.69) is 4.98 Å². The minimum Gasteiger partial charge on any atom is -0.353 e. The number of nitrogens with zero attached hydrogens (tertiary/aromatic N) is 1. The van der Waals surface area contributed by atoms with Crippen molar-refractivity contribution in [2.75, 3.05) is 13.6 Å². The molecule has 1 amide bonds. The zero-order valence-electron chi connectivity index (χ0n) is 7.99. The van der Waals surface area contributed by atoms with Crippen LogP contribution >= 0.6 is 12.2 Å². The van der Waals surface area contributed by atoms with Gasteiger partial charge in [0, 0.05) is 19.8 Å². The van der Waals surface area contributed by atoms with E-state index in [4.69, 9.17) is 12.2 Å². The van der Waals surface area contributed by atoms with Gasteiger partial charge in [0.2, 0.25) is 5.91 Å². The van der Waals surface area contributed by atoms with Crippen molar-refractivity contribution in [1.29, 1.82) is 0 Å². The van der Waals surface area contributed by atoms with Crippen molar-refractivity contribution in [2.45, 2.75) is 12.3 Å². The number of nitrogens with one attached hydrogen (secondary N) is 1. The van der Waals surface area contributed by atoms with Crippen LogP contribution in [0.1, 0.15) is 17.9 Å². The van der Waals surface area contributed by atoms with Crippen LogP contribution in [0.3, 0.4) is 0 Å². The van der Waals surface area contributed by atoms with Gasteiger partial charge in [0.15, 0.2) is 0 Å². The lowest BCUT2D eigenvalue weighted by Gasteiger charge is -2.09. The van der Waals surface area contributed by atoms with E-state index in [1.54, 1.807) is 4.90 Å². The molecule has 0 aliphatic carbocycles. The first-order valence-electron chi connectivity index (χ1n) is 4.62. The van der Waals surface area contributed by atoms with Crippen molar-refractivity contribution >= 4 is 18.1 Å². The summed E-state index contributed by atoms with van der Waals surface area (Å²) in [6.07, 6.45) is 2.74. The predicted molar refractivity (Wildman–Crippen MR) is 56.6 cm³/mol. The molecule has 0 radical (unpaired) electrons. The lowest BCUT2D eigenvalue weighted by atomic mass is 10.00. The molecule has 4 heteroatoms. The van der Waals surface area contributed by atoms with Crippen molar-refractivity contribution < 1.29 is 4.79 Å². The highest BCUT2D eigenvalue weighted by Gasteiger charge is 2.30. The lowest BCUT2D eigenvalue weighted by Crippen LogP contribution is -2.21. The second-order valence-electron chi connectivity index (χ2n) is 3.59. The van der Waals surface area contributed by atoms with Gasteiger partial charge in [-0.05, 0) is 18.1 Å². The van der Waals surface area contributed by atoms with Crippen LogP contribution in [0.15, 0.2) is 18.3 Å². The Morgan fingerprint density at radius 3 is 2.86 bits per heavy atom. The molecule has 1 N–H and O–H groups in total. The normalized spacial score (nSPS) is 21.6. The van der Waals surface area contributed by atoms with Gasteiger partial charge in [-0.1, -0.05) is 18.3 Å². The molecule has 1 saturated heterocycles. The second-order valence-corrected chi connectivity index (χ2v) is 4.03. The number of likely N-dealkylation sites (N-methyl/N-ethyl adjacent to an activating group) is 1. The number of aromatic amines is 1. The maximum atomic E-state index is 11.7. The molecule has 1 aromatic heterocycles. The van der Waals surface area contributed by atoms with E-state index in [9.17, 15) is 4.79 Å². The van der Waals surface area contributed by atoms with Crippen LogP contribution in [0.25, 0.3) is 0 Å². The third kappa shape index (κ3) is 1.57. The SMILES string of the molecule is CN1CCC(c2ccc(=S)[nH]c2)C1=O. The Labute approximate surface area is 87.8 Å². The Bertz CT molecular complexity index is 392. The summed E-state index contributed by atoms with van der Waals surface area (Å²) in [5.41, 5.74) is 1.04. The molecule has 0 saturated carbocycles. The summed E-state index contributed by atoms with van der Waals surface area (Å²) in [6, 6.07) is 3.76. The highest BCUT2D eigenvalue weighted by molar-refractivity contribution is 7.71. The summed E-state index contributed by atoms with van der Waals surface area (Å²) < 4.78 is 0.701. The molecule has 0 spiro atoms. The minimum absolute atomic E-state index is 0.0202. The zero-order valence-corrected chi connectivity index (χ0v) is 8.80. The van der Waals surface area contributed by atoms with Crippen LogP contribution in [0.4, 0.5) is 0 Å². The second kappa shape index (κ2) is 3.53. The first kappa shape index (κ1) is 9.40. The molecular formula is C10H12N2OS. The number of hydrogen-bond donors (Lipinski definition) is 1. The number of carbonyl (C=O) groups excluding carboxylic acids is 1. The molecule has 0 aromatic carbocycles. The number of rotatable bonds is 1. The molecular weight excluding hydrogens is 196 g/mol. The van der Waals surface area contributed by atoms with Gasteiger partial charge < -0.3 is 9.88 Å². The van der Waals surface area contributed by atoms with Gasteiger partial charge in [-0.25, -0.2) is 0 Å². The van der Waals surface area contributed by atoms with E-state index in [-0.39, 0.29) is 11.8 Å². The summed E-state index contributed by atoms with van der Waals surface area (Å²) in [5.74, 6) is 0.224. The van der Waals surface area contributed by atoms with Crippen molar-refractivity contribution in [3.05, 3.63) is 28.5 Å². The third-order valence-electron chi connectivity index (χ3n) is 2.64. The number of hydrogen-bond acceptors (Lipinski definition) is 2. The fraction of sp³-hybridized carbons (Fsp3) is 0.400. The molecule has 74 valence electrons. The molecule has 1 unspecified atom stereocenters. The first-order valence-corrected chi connectivity index (χ1v) is 5.03. The Morgan fingerprint density at radius 1 is 1.57 bits per heavy atom. The van der Waals surface area contributed by atoms with Gasteiger partial charge in [0.05, 0.1) is 5.92 Å². The molecule has 1 fully saturated rings. The highest BCUT2D eigenvalue weighted by atomic mass is 32.1. The average Bonchev–Trinajstić information content (AvgIpc) is 2.50. The fourth-order valence-corrected chi connectivity index (χ4v) is 1.90. The van der Waals surface area contributed by atoms with Gasteiger partial charge in [-0.15, -0.1) is 0 Å². The number of pyridine rings is 1. The molecule has 3 nitrogen and oxygen atoms in total. The lowest BCUT2D eigenvalue weighted by molar-refractivity contribution is -0.127. The molecule has 14 heavy (non-hydrogen) atoms. The molecule has 2 rings (SSSR count). The van der Waals surface area contributed by atoms with E-state index in [1.165, 1.54) is 0 Å².